The van der Waals surface area contributed by atoms with Crippen LogP contribution in [0.1, 0.15) is 42.5 Å². The normalized spacial score (nSPS) is 15.1. The van der Waals surface area contributed by atoms with E-state index < -0.39 is 17.7 Å². The first kappa shape index (κ1) is 24.3. The molecule has 1 aliphatic rings. The fraction of sp³-hybridized carbons (Fsp3) is 0.360. The van der Waals surface area contributed by atoms with E-state index in [0.717, 1.165) is 11.3 Å². The van der Waals surface area contributed by atoms with E-state index in [1.807, 2.05) is 51.0 Å². The van der Waals surface area contributed by atoms with Crippen LogP contribution in [-0.4, -0.2) is 57.6 Å². The van der Waals surface area contributed by atoms with Crippen molar-refractivity contribution in [3.8, 4) is 0 Å². The first-order valence-corrected chi connectivity index (χ1v) is 11.3. The van der Waals surface area contributed by atoms with Crippen LogP contribution in [0.2, 0.25) is 0 Å². The number of fused-ring (bicyclic) bond motifs is 1. The predicted molar refractivity (Wildman–Crippen MR) is 128 cm³/mol. The molecule has 10 heteroatoms. The number of carbonyl (C=O) groups excluding carboxylic acids is 2. The number of benzene rings is 1. The number of amides is 2. The van der Waals surface area contributed by atoms with Crippen molar-refractivity contribution < 1.29 is 18.7 Å². The summed E-state index contributed by atoms with van der Waals surface area (Å²) in [5.41, 5.74) is 2.07. The number of carbonyl (C=O) groups is 2. The highest BCUT2D eigenvalue weighted by Crippen LogP contribution is 2.41. The number of pyridine rings is 1. The van der Waals surface area contributed by atoms with Crippen LogP contribution in [-0.2, 0) is 28.0 Å². The van der Waals surface area contributed by atoms with Crippen LogP contribution in [0.3, 0.4) is 0 Å². The number of nitrogens with zero attached hydrogens (tertiary/aromatic N) is 4. The number of H-pyrrole nitrogens is 1. The molecule has 9 nitrogen and oxygen atoms in total. The minimum absolute atomic E-state index is 0.0767. The summed E-state index contributed by atoms with van der Waals surface area (Å²) in [4.78, 5) is 33.8. The maximum Gasteiger partial charge on any atom is 0.411 e. The van der Waals surface area contributed by atoms with Gasteiger partial charge in [0.25, 0.3) is 0 Å². The summed E-state index contributed by atoms with van der Waals surface area (Å²) in [5.74, 6) is -0.277. The van der Waals surface area contributed by atoms with Gasteiger partial charge in [-0.1, -0.05) is 18.2 Å². The third kappa shape index (κ3) is 5.32. The van der Waals surface area contributed by atoms with Crippen molar-refractivity contribution in [3.63, 3.8) is 0 Å². The lowest BCUT2D eigenvalue weighted by atomic mass is 10.0. The molecule has 1 aliphatic heterocycles. The lowest BCUT2D eigenvalue weighted by Gasteiger charge is -2.32. The second-order valence-electron chi connectivity index (χ2n) is 9.31. The van der Waals surface area contributed by atoms with E-state index in [4.69, 9.17) is 4.74 Å². The second-order valence-corrected chi connectivity index (χ2v) is 9.31. The van der Waals surface area contributed by atoms with Crippen molar-refractivity contribution in [2.75, 3.05) is 26.0 Å². The quantitative estimate of drug-likeness (QED) is 0.536. The summed E-state index contributed by atoms with van der Waals surface area (Å²) in [7, 11) is 3.81. The standard InChI is InChI=1S/C25H29FN6O3/c1-25(2)22-18(23(30-29-22)28-21(33)13-16-8-10-17(26)11-9-16)14-32(25)24(34)35-20(15-31(3)4)19-7-5-6-12-27-19/h5-12,20H,13-15H2,1-4H3,(H2,28,29,30,33)/t20-/m1/s1. The molecule has 0 saturated carbocycles. The Morgan fingerprint density at radius 1 is 1.23 bits per heavy atom. The average Bonchev–Trinajstić information content (AvgIpc) is 3.33. The Morgan fingerprint density at radius 3 is 2.63 bits per heavy atom. The molecule has 2 N–H and O–H groups in total. The monoisotopic (exact) mass is 480 g/mol. The molecule has 4 rings (SSSR count). The molecular formula is C25H29FN6O3. The summed E-state index contributed by atoms with van der Waals surface area (Å²) < 4.78 is 19.0. The van der Waals surface area contributed by atoms with E-state index in [-0.39, 0.29) is 24.7 Å². The Morgan fingerprint density at radius 2 is 1.97 bits per heavy atom. The molecule has 0 spiro atoms. The van der Waals surface area contributed by atoms with E-state index in [1.165, 1.54) is 12.1 Å². The maximum atomic E-state index is 13.3. The highest BCUT2D eigenvalue weighted by atomic mass is 19.1. The van der Waals surface area contributed by atoms with Gasteiger partial charge < -0.3 is 15.0 Å². The van der Waals surface area contributed by atoms with E-state index in [2.05, 4.69) is 20.5 Å². The molecule has 1 aromatic carbocycles. The molecule has 0 saturated heterocycles. The molecule has 35 heavy (non-hydrogen) atoms. The van der Waals surface area contributed by atoms with Gasteiger partial charge in [0.2, 0.25) is 5.91 Å². The Bertz CT molecular complexity index is 1190. The average molecular weight is 481 g/mol. The first-order valence-electron chi connectivity index (χ1n) is 11.3. The van der Waals surface area contributed by atoms with Gasteiger partial charge in [0.05, 0.1) is 29.9 Å². The minimum atomic E-state index is -0.730. The number of hydrogen-bond acceptors (Lipinski definition) is 6. The largest absolute Gasteiger partial charge is 0.438 e. The predicted octanol–water partition coefficient (Wildman–Crippen LogP) is 3.62. The van der Waals surface area contributed by atoms with Crippen LogP contribution in [0.25, 0.3) is 0 Å². The molecule has 3 aromatic rings. The summed E-state index contributed by atoms with van der Waals surface area (Å²) in [6, 6.07) is 11.3. The van der Waals surface area contributed by atoms with Gasteiger partial charge in [-0.05, 0) is 57.8 Å². The highest BCUT2D eigenvalue weighted by molar-refractivity contribution is 5.92. The van der Waals surface area contributed by atoms with Gasteiger partial charge in [-0.25, -0.2) is 9.18 Å². The molecule has 2 amide bonds. The van der Waals surface area contributed by atoms with Crippen molar-refractivity contribution in [1.29, 1.82) is 0 Å². The number of anilines is 1. The second kappa shape index (κ2) is 9.83. The molecule has 2 aromatic heterocycles. The summed E-state index contributed by atoms with van der Waals surface area (Å²) in [6.45, 7) is 4.49. The van der Waals surface area contributed by atoms with Crippen molar-refractivity contribution in [3.05, 3.63) is 77.0 Å². The van der Waals surface area contributed by atoms with Crippen molar-refractivity contribution in [2.24, 2.45) is 0 Å². The highest BCUT2D eigenvalue weighted by Gasteiger charge is 2.45. The topological polar surface area (TPSA) is 103 Å². The van der Waals surface area contributed by atoms with Gasteiger partial charge in [0.1, 0.15) is 5.82 Å². The summed E-state index contributed by atoms with van der Waals surface area (Å²) in [6.07, 6.45) is 0.721. The zero-order valence-corrected chi connectivity index (χ0v) is 20.2. The third-order valence-corrected chi connectivity index (χ3v) is 6.02. The lowest BCUT2D eigenvalue weighted by Crippen LogP contribution is -2.42. The molecule has 1 atom stereocenters. The van der Waals surface area contributed by atoms with Gasteiger partial charge in [-0.3, -0.25) is 19.8 Å². The van der Waals surface area contributed by atoms with Crippen molar-refractivity contribution >= 4 is 17.8 Å². The molecule has 0 bridgehead atoms. The van der Waals surface area contributed by atoms with Gasteiger partial charge >= 0.3 is 6.09 Å². The zero-order valence-electron chi connectivity index (χ0n) is 20.2. The molecule has 0 aliphatic carbocycles. The SMILES string of the molecule is CN(C)C[C@@H](OC(=O)N1Cc2c(NC(=O)Cc3ccc(F)cc3)n[nH]c2C1(C)C)c1ccccn1. The van der Waals surface area contributed by atoms with Crippen LogP contribution >= 0.6 is 0 Å². The fourth-order valence-corrected chi connectivity index (χ4v) is 4.15. The molecule has 0 unspecified atom stereocenters. The van der Waals surface area contributed by atoms with Crippen LogP contribution in [0.15, 0.2) is 48.7 Å². The number of aromatic nitrogens is 3. The minimum Gasteiger partial charge on any atom is -0.438 e. The van der Waals surface area contributed by atoms with Crippen LogP contribution in [0, 0.1) is 5.82 Å². The smallest absolute Gasteiger partial charge is 0.411 e. The first-order chi connectivity index (χ1) is 16.6. The third-order valence-electron chi connectivity index (χ3n) is 6.02. The van der Waals surface area contributed by atoms with Gasteiger partial charge in [0.15, 0.2) is 11.9 Å². The van der Waals surface area contributed by atoms with Crippen LogP contribution in [0.4, 0.5) is 15.0 Å². The number of hydrogen-bond donors (Lipinski definition) is 2. The van der Waals surface area contributed by atoms with Gasteiger partial charge in [-0.2, -0.15) is 5.10 Å². The Hall–Kier alpha value is -3.79. The molecule has 3 heterocycles. The molecule has 184 valence electrons. The van der Waals surface area contributed by atoms with Crippen molar-refractivity contribution in [2.45, 2.75) is 38.5 Å². The van der Waals surface area contributed by atoms with Gasteiger partial charge in [-0.15, -0.1) is 0 Å². The van der Waals surface area contributed by atoms with E-state index >= 15 is 0 Å². The molecular weight excluding hydrogens is 451 g/mol. The Labute approximate surface area is 203 Å². The van der Waals surface area contributed by atoms with Crippen LogP contribution in [0.5, 0.6) is 0 Å². The number of likely N-dealkylation sites (N-methyl/N-ethyl adjacent to an activating group) is 1. The zero-order chi connectivity index (χ0) is 25.2. The van der Waals surface area contributed by atoms with E-state index in [9.17, 15) is 14.0 Å². The maximum absolute atomic E-state index is 13.3. The summed E-state index contributed by atoms with van der Waals surface area (Å²) in [5, 5.41) is 10.0. The fourth-order valence-electron chi connectivity index (χ4n) is 4.15. The number of ether oxygens (including phenoxy) is 1. The number of aromatic amines is 1. The Kier molecular flexibility index (Phi) is 6.83. The van der Waals surface area contributed by atoms with E-state index in [1.54, 1.807) is 23.2 Å². The number of nitrogens with one attached hydrogen (secondary N) is 2. The number of halogens is 1. The molecule has 0 radical (unpaired) electrons. The number of rotatable bonds is 7. The Balaban J connectivity index is 1.47. The van der Waals surface area contributed by atoms with E-state index in [0.29, 0.717) is 23.6 Å². The molecule has 0 fully saturated rings. The lowest BCUT2D eigenvalue weighted by molar-refractivity contribution is -0.115. The van der Waals surface area contributed by atoms with Crippen molar-refractivity contribution in [1.82, 2.24) is 25.0 Å². The van der Waals surface area contributed by atoms with Crippen LogP contribution < -0.4 is 5.32 Å². The van der Waals surface area contributed by atoms with Gasteiger partial charge in [0, 0.05) is 18.3 Å². The summed E-state index contributed by atoms with van der Waals surface area (Å²) >= 11 is 0.